The maximum absolute atomic E-state index is 12.7. The first-order valence-electron chi connectivity index (χ1n) is 13.8. The fourth-order valence-electron chi connectivity index (χ4n) is 4.94. The van der Waals surface area contributed by atoms with Gasteiger partial charge < -0.3 is 15.7 Å². The van der Waals surface area contributed by atoms with Crippen LogP contribution in [0.1, 0.15) is 78.3 Å². The Morgan fingerprint density at radius 1 is 1.10 bits per heavy atom. The van der Waals surface area contributed by atoms with E-state index in [0.29, 0.717) is 30.2 Å². The van der Waals surface area contributed by atoms with Crippen molar-refractivity contribution in [2.45, 2.75) is 71.4 Å². The molecule has 1 aliphatic carbocycles. The highest BCUT2D eigenvalue weighted by Crippen LogP contribution is 2.33. The Bertz CT molecular complexity index is 1550. The Labute approximate surface area is 243 Å². The molecule has 41 heavy (non-hydrogen) atoms. The van der Waals surface area contributed by atoms with Crippen LogP contribution in [0.5, 0.6) is 0 Å². The van der Waals surface area contributed by atoms with Crippen molar-refractivity contribution in [1.29, 1.82) is 0 Å². The number of carboxylic acids is 1. The predicted molar refractivity (Wildman–Crippen MR) is 158 cm³/mol. The van der Waals surface area contributed by atoms with Crippen molar-refractivity contribution in [3.8, 4) is 11.3 Å². The highest BCUT2D eigenvalue weighted by molar-refractivity contribution is 7.13. The number of rotatable bonds is 8. The smallest absolute Gasteiger partial charge is 0.306 e. The molecule has 3 heterocycles. The van der Waals surface area contributed by atoms with E-state index in [4.69, 9.17) is 4.98 Å². The van der Waals surface area contributed by atoms with E-state index in [1.54, 1.807) is 18.6 Å². The Kier molecular flexibility index (Phi) is 8.16. The molecule has 4 aromatic rings. The number of aliphatic carboxylic acids is 1. The SMILES string of the molecule is Cc1cc(-c2ccnc(Nc3cnn([C@H]4CC[C@H](C(=O)O)CC4)c3)n2)ccc1CNC(=O)c1cnc(C(C)(C)C)s1. The van der Waals surface area contributed by atoms with E-state index in [1.807, 2.05) is 36.0 Å². The van der Waals surface area contributed by atoms with Gasteiger partial charge in [-0.3, -0.25) is 14.3 Å². The van der Waals surface area contributed by atoms with Crippen LogP contribution in [-0.4, -0.2) is 41.7 Å². The first-order valence-corrected chi connectivity index (χ1v) is 14.6. The molecule has 1 saturated carbocycles. The molecule has 10 nitrogen and oxygen atoms in total. The molecule has 1 aliphatic rings. The zero-order valence-corrected chi connectivity index (χ0v) is 24.5. The number of aryl methyl sites for hydroxylation is 1. The van der Waals surface area contributed by atoms with Gasteiger partial charge in [-0.05, 0) is 55.9 Å². The summed E-state index contributed by atoms with van der Waals surface area (Å²) in [6.07, 6.45) is 9.96. The molecule has 0 saturated heterocycles. The van der Waals surface area contributed by atoms with E-state index in [1.165, 1.54) is 11.3 Å². The Morgan fingerprint density at radius 2 is 1.88 bits per heavy atom. The lowest BCUT2D eigenvalue weighted by molar-refractivity contribution is -0.143. The molecule has 1 fully saturated rings. The largest absolute Gasteiger partial charge is 0.481 e. The second-order valence-electron chi connectivity index (χ2n) is 11.5. The lowest BCUT2D eigenvalue weighted by Gasteiger charge is -2.26. The number of nitrogens with one attached hydrogen (secondary N) is 2. The molecule has 3 aromatic heterocycles. The van der Waals surface area contributed by atoms with Gasteiger partial charge in [-0.1, -0.05) is 32.9 Å². The van der Waals surface area contributed by atoms with Crippen LogP contribution in [0, 0.1) is 12.8 Å². The van der Waals surface area contributed by atoms with Crippen molar-refractivity contribution in [2.75, 3.05) is 5.32 Å². The average Bonchev–Trinajstić information content (AvgIpc) is 3.63. The number of carbonyl (C=O) groups is 2. The van der Waals surface area contributed by atoms with Crippen molar-refractivity contribution in [2.24, 2.45) is 5.92 Å². The van der Waals surface area contributed by atoms with Gasteiger partial charge in [0.25, 0.3) is 5.91 Å². The number of hydrogen-bond acceptors (Lipinski definition) is 8. The third-order valence-corrected chi connectivity index (χ3v) is 8.80. The lowest BCUT2D eigenvalue weighted by Crippen LogP contribution is -2.23. The van der Waals surface area contributed by atoms with Gasteiger partial charge in [-0.25, -0.2) is 15.0 Å². The summed E-state index contributed by atoms with van der Waals surface area (Å²) in [5, 5.41) is 20.9. The molecular formula is C30H35N7O3S. The average molecular weight is 574 g/mol. The minimum Gasteiger partial charge on any atom is -0.481 e. The molecule has 0 unspecified atom stereocenters. The number of carboxylic acid groups (broad SMARTS) is 1. The van der Waals surface area contributed by atoms with Gasteiger partial charge in [-0.15, -0.1) is 11.3 Å². The van der Waals surface area contributed by atoms with Gasteiger partial charge in [-0.2, -0.15) is 5.10 Å². The minimum absolute atomic E-state index is 0.0852. The summed E-state index contributed by atoms with van der Waals surface area (Å²) in [6.45, 7) is 8.70. The van der Waals surface area contributed by atoms with E-state index >= 15 is 0 Å². The number of thiazole rings is 1. The summed E-state index contributed by atoms with van der Waals surface area (Å²) in [5.74, 6) is -0.617. The molecule has 0 radical (unpaired) electrons. The van der Waals surface area contributed by atoms with Crippen LogP contribution in [0.3, 0.4) is 0 Å². The van der Waals surface area contributed by atoms with Gasteiger partial charge in [0.2, 0.25) is 5.95 Å². The number of aromatic nitrogens is 5. The van der Waals surface area contributed by atoms with Crippen molar-refractivity contribution in [3.05, 3.63) is 70.1 Å². The molecule has 1 aromatic carbocycles. The molecule has 11 heteroatoms. The molecule has 214 valence electrons. The topological polar surface area (TPSA) is 135 Å². The van der Waals surface area contributed by atoms with Crippen LogP contribution in [0.25, 0.3) is 11.3 Å². The quantitative estimate of drug-likeness (QED) is 0.237. The zero-order chi connectivity index (χ0) is 29.1. The fourth-order valence-corrected chi connectivity index (χ4v) is 5.83. The number of benzene rings is 1. The first kappa shape index (κ1) is 28.4. The van der Waals surface area contributed by atoms with Crippen LogP contribution >= 0.6 is 11.3 Å². The van der Waals surface area contributed by atoms with Crippen LogP contribution in [-0.2, 0) is 16.8 Å². The van der Waals surface area contributed by atoms with Crippen molar-refractivity contribution >= 4 is 34.8 Å². The third kappa shape index (κ3) is 6.79. The molecule has 0 atom stereocenters. The summed E-state index contributed by atoms with van der Waals surface area (Å²) in [5.41, 5.74) is 4.50. The number of carbonyl (C=O) groups excluding carboxylic acids is 1. The number of anilines is 2. The van der Waals surface area contributed by atoms with Gasteiger partial charge >= 0.3 is 5.97 Å². The second kappa shape index (κ2) is 11.8. The molecule has 0 bridgehead atoms. The van der Waals surface area contributed by atoms with E-state index in [-0.39, 0.29) is 23.3 Å². The van der Waals surface area contributed by atoms with Crippen molar-refractivity contribution < 1.29 is 14.7 Å². The summed E-state index contributed by atoms with van der Waals surface area (Å²) in [4.78, 5) is 38.0. The van der Waals surface area contributed by atoms with Gasteiger partial charge in [0, 0.05) is 29.9 Å². The standard InChI is InChI=1S/C30H35N7O3S/c1-18-13-20(5-6-21(18)14-32-26(38)25-16-33-28(41-25)30(2,3)4)24-11-12-31-29(36-24)35-22-15-34-37(17-22)23-9-7-19(8-10-23)27(39)40/h5-6,11-13,15-17,19,23H,7-10,14H2,1-4H3,(H,32,38)(H,39,40)(H,31,35,36)/t19-,23-. The molecular weight excluding hydrogens is 538 g/mol. The Hall–Kier alpha value is -4.12. The fraction of sp³-hybridized carbons (Fsp3) is 0.400. The molecule has 0 spiro atoms. The maximum Gasteiger partial charge on any atom is 0.306 e. The number of hydrogen-bond donors (Lipinski definition) is 3. The Balaban J connectivity index is 1.20. The van der Waals surface area contributed by atoms with Gasteiger partial charge in [0.05, 0.1) is 40.7 Å². The summed E-state index contributed by atoms with van der Waals surface area (Å²) >= 11 is 1.43. The van der Waals surface area contributed by atoms with E-state index in [9.17, 15) is 14.7 Å². The summed E-state index contributed by atoms with van der Waals surface area (Å²) in [7, 11) is 0. The molecule has 0 aliphatic heterocycles. The normalized spacial score (nSPS) is 17.3. The Morgan fingerprint density at radius 3 is 2.56 bits per heavy atom. The lowest BCUT2D eigenvalue weighted by atomic mass is 9.86. The monoisotopic (exact) mass is 573 g/mol. The predicted octanol–water partition coefficient (Wildman–Crippen LogP) is 5.89. The molecule has 3 N–H and O–H groups in total. The van der Waals surface area contributed by atoms with Crippen LogP contribution in [0.2, 0.25) is 0 Å². The van der Waals surface area contributed by atoms with Gasteiger partial charge in [0.1, 0.15) is 4.88 Å². The highest BCUT2D eigenvalue weighted by Gasteiger charge is 2.27. The maximum atomic E-state index is 12.7. The second-order valence-corrected chi connectivity index (χ2v) is 12.6. The van der Waals surface area contributed by atoms with Gasteiger partial charge in [0.15, 0.2) is 0 Å². The van der Waals surface area contributed by atoms with Crippen molar-refractivity contribution in [3.63, 3.8) is 0 Å². The number of nitrogens with zero attached hydrogens (tertiary/aromatic N) is 5. The van der Waals surface area contributed by atoms with Crippen LogP contribution < -0.4 is 10.6 Å². The zero-order valence-electron chi connectivity index (χ0n) is 23.7. The van der Waals surface area contributed by atoms with E-state index in [0.717, 1.165) is 45.9 Å². The third-order valence-electron chi connectivity index (χ3n) is 7.38. The van der Waals surface area contributed by atoms with Crippen LogP contribution in [0.15, 0.2) is 49.1 Å². The minimum atomic E-state index is -0.707. The van der Waals surface area contributed by atoms with Crippen LogP contribution in [0.4, 0.5) is 11.6 Å². The summed E-state index contributed by atoms with van der Waals surface area (Å²) < 4.78 is 1.91. The highest BCUT2D eigenvalue weighted by atomic mass is 32.1. The molecule has 1 amide bonds. The number of amides is 1. The first-order chi connectivity index (χ1) is 19.6. The van der Waals surface area contributed by atoms with E-state index in [2.05, 4.69) is 52.5 Å². The molecule has 5 rings (SSSR count). The van der Waals surface area contributed by atoms with E-state index < -0.39 is 5.97 Å². The van der Waals surface area contributed by atoms with Crippen molar-refractivity contribution in [1.82, 2.24) is 30.0 Å². The summed E-state index contributed by atoms with van der Waals surface area (Å²) in [6, 6.07) is 8.13.